The molecular formula is C23H22N2O6S. The van der Waals surface area contributed by atoms with Crippen molar-refractivity contribution in [3.63, 3.8) is 0 Å². The van der Waals surface area contributed by atoms with Gasteiger partial charge in [0.2, 0.25) is 0 Å². The summed E-state index contributed by atoms with van der Waals surface area (Å²) in [6.45, 7) is 5.41. The van der Waals surface area contributed by atoms with Gasteiger partial charge in [0.1, 0.15) is 5.57 Å². The molecule has 2 N–H and O–H groups in total. The van der Waals surface area contributed by atoms with Gasteiger partial charge in [-0.2, -0.15) is 0 Å². The fourth-order valence-electron chi connectivity index (χ4n) is 2.97. The summed E-state index contributed by atoms with van der Waals surface area (Å²) in [7, 11) is 0. The molecule has 0 saturated carbocycles. The highest BCUT2D eigenvalue weighted by atomic mass is 32.1. The molecule has 0 aromatic heterocycles. The zero-order chi connectivity index (χ0) is 23.4. The third-order valence-corrected chi connectivity index (χ3v) is 4.91. The SMILES string of the molecule is CCOc1cc(/C=C2/C(=O)NC(=S)N(c3ccc(C)cc3)C2=O)ccc1O[C@H](C)C(=O)O. The van der Waals surface area contributed by atoms with Crippen molar-refractivity contribution in [3.8, 4) is 11.5 Å². The molecule has 0 unspecified atom stereocenters. The molecule has 32 heavy (non-hydrogen) atoms. The Kier molecular flexibility index (Phi) is 6.89. The minimum Gasteiger partial charge on any atom is -0.490 e. The van der Waals surface area contributed by atoms with Crippen LogP contribution in [0, 0.1) is 6.92 Å². The maximum atomic E-state index is 13.1. The van der Waals surface area contributed by atoms with Gasteiger partial charge in [0, 0.05) is 0 Å². The van der Waals surface area contributed by atoms with Gasteiger partial charge in [-0.25, -0.2) is 4.79 Å². The van der Waals surface area contributed by atoms with Crippen LogP contribution in [0.4, 0.5) is 5.69 Å². The number of nitrogens with zero attached hydrogens (tertiary/aromatic N) is 1. The van der Waals surface area contributed by atoms with Gasteiger partial charge >= 0.3 is 5.97 Å². The Balaban J connectivity index is 1.96. The largest absolute Gasteiger partial charge is 0.490 e. The highest BCUT2D eigenvalue weighted by Gasteiger charge is 2.34. The Hall–Kier alpha value is -3.72. The van der Waals surface area contributed by atoms with Crippen molar-refractivity contribution in [3.05, 3.63) is 59.2 Å². The number of carboxylic acid groups (broad SMARTS) is 1. The van der Waals surface area contributed by atoms with Gasteiger partial charge in [0.15, 0.2) is 22.7 Å². The van der Waals surface area contributed by atoms with Gasteiger partial charge in [0.05, 0.1) is 12.3 Å². The van der Waals surface area contributed by atoms with Gasteiger partial charge in [-0.3, -0.25) is 19.8 Å². The van der Waals surface area contributed by atoms with Crippen molar-refractivity contribution in [1.29, 1.82) is 0 Å². The highest BCUT2D eigenvalue weighted by molar-refractivity contribution is 7.80. The van der Waals surface area contributed by atoms with E-state index < -0.39 is 23.9 Å². The van der Waals surface area contributed by atoms with Gasteiger partial charge in [-0.1, -0.05) is 23.8 Å². The minimum atomic E-state index is -1.12. The quantitative estimate of drug-likeness (QED) is 0.376. The number of aryl methyl sites for hydroxylation is 1. The Morgan fingerprint density at radius 2 is 1.88 bits per heavy atom. The molecule has 9 heteroatoms. The minimum absolute atomic E-state index is 0.00224. The number of carboxylic acids is 1. The van der Waals surface area contributed by atoms with Gasteiger partial charge in [0.25, 0.3) is 11.8 Å². The number of amides is 2. The van der Waals surface area contributed by atoms with E-state index >= 15 is 0 Å². The zero-order valence-corrected chi connectivity index (χ0v) is 18.6. The van der Waals surface area contributed by atoms with Crippen molar-refractivity contribution < 1.29 is 29.0 Å². The number of rotatable bonds is 7. The van der Waals surface area contributed by atoms with Crippen LogP contribution in [0.3, 0.4) is 0 Å². The Morgan fingerprint density at radius 3 is 2.50 bits per heavy atom. The van der Waals surface area contributed by atoms with E-state index in [0.29, 0.717) is 23.6 Å². The van der Waals surface area contributed by atoms with Crippen LogP contribution < -0.4 is 19.7 Å². The molecule has 3 rings (SSSR count). The van der Waals surface area contributed by atoms with Crippen molar-refractivity contribution in [2.45, 2.75) is 26.9 Å². The number of carbonyl (C=O) groups is 3. The monoisotopic (exact) mass is 454 g/mol. The molecule has 1 aliphatic heterocycles. The lowest BCUT2D eigenvalue weighted by Gasteiger charge is -2.29. The second-order valence-corrected chi connectivity index (χ2v) is 7.42. The van der Waals surface area contributed by atoms with Crippen molar-refractivity contribution in [2.75, 3.05) is 11.5 Å². The number of thiocarbonyl (C=S) groups is 1. The predicted octanol–water partition coefficient (Wildman–Crippen LogP) is 3.08. The molecule has 1 fully saturated rings. The Labute approximate surface area is 190 Å². The van der Waals surface area contributed by atoms with Crippen LogP contribution in [-0.4, -0.2) is 40.7 Å². The van der Waals surface area contributed by atoms with Gasteiger partial charge < -0.3 is 14.6 Å². The first-order valence-corrected chi connectivity index (χ1v) is 10.3. The molecule has 2 aromatic rings. The summed E-state index contributed by atoms with van der Waals surface area (Å²) in [5.41, 5.74) is 1.96. The molecule has 1 heterocycles. The number of benzene rings is 2. The first kappa shape index (κ1) is 23.0. The number of anilines is 1. The van der Waals surface area contributed by atoms with E-state index in [2.05, 4.69) is 5.32 Å². The first-order chi connectivity index (χ1) is 15.2. The third kappa shape index (κ3) is 4.94. The summed E-state index contributed by atoms with van der Waals surface area (Å²) in [4.78, 5) is 38.0. The van der Waals surface area contributed by atoms with Crippen LogP contribution in [0.1, 0.15) is 25.0 Å². The van der Waals surface area contributed by atoms with E-state index in [1.807, 2.05) is 19.1 Å². The van der Waals surface area contributed by atoms with Crippen molar-refractivity contribution in [1.82, 2.24) is 5.32 Å². The molecule has 0 aliphatic carbocycles. The number of aliphatic carboxylic acids is 1. The molecule has 0 radical (unpaired) electrons. The van der Waals surface area contributed by atoms with E-state index in [0.717, 1.165) is 5.56 Å². The maximum absolute atomic E-state index is 13.1. The van der Waals surface area contributed by atoms with Crippen LogP contribution in [0.25, 0.3) is 6.08 Å². The second kappa shape index (κ2) is 9.61. The van der Waals surface area contributed by atoms with Crippen LogP contribution >= 0.6 is 12.2 Å². The molecule has 2 amide bonds. The summed E-state index contributed by atoms with van der Waals surface area (Å²) in [5.74, 6) is -1.74. The molecule has 2 aromatic carbocycles. The fourth-order valence-corrected chi connectivity index (χ4v) is 3.25. The molecule has 1 aliphatic rings. The molecular weight excluding hydrogens is 432 g/mol. The number of hydrogen-bond acceptors (Lipinski definition) is 6. The zero-order valence-electron chi connectivity index (χ0n) is 17.7. The van der Waals surface area contributed by atoms with Crippen LogP contribution in [-0.2, 0) is 14.4 Å². The van der Waals surface area contributed by atoms with Crippen molar-refractivity contribution in [2.24, 2.45) is 0 Å². The van der Waals surface area contributed by atoms with E-state index in [9.17, 15) is 14.4 Å². The lowest BCUT2D eigenvalue weighted by Crippen LogP contribution is -2.54. The number of hydrogen-bond donors (Lipinski definition) is 2. The normalized spacial score (nSPS) is 16.0. The van der Waals surface area contributed by atoms with Crippen molar-refractivity contribution >= 4 is 46.9 Å². The van der Waals surface area contributed by atoms with E-state index in [1.165, 1.54) is 24.0 Å². The van der Waals surface area contributed by atoms with E-state index in [1.54, 1.807) is 31.2 Å². The summed E-state index contributed by atoms with van der Waals surface area (Å²) in [6.07, 6.45) is 0.348. The molecule has 0 bridgehead atoms. The van der Waals surface area contributed by atoms with Gasteiger partial charge in [-0.05, 0) is 68.9 Å². The van der Waals surface area contributed by atoms with Gasteiger partial charge in [-0.15, -0.1) is 0 Å². The van der Waals surface area contributed by atoms with Crippen LogP contribution in [0.5, 0.6) is 11.5 Å². The number of nitrogens with one attached hydrogen (secondary N) is 1. The fraction of sp³-hybridized carbons (Fsp3) is 0.217. The average Bonchev–Trinajstić information content (AvgIpc) is 2.74. The lowest BCUT2D eigenvalue weighted by molar-refractivity contribution is -0.144. The maximum Gasteiger partial charge on any atom is 0.344 e. The van der Waals surface area contributed by atoms with E-state index in [4.69, 9.17) is 26.8 Å². The highest BCUT2D eigenvalue weighted by Crippen LogP contribution is 2.31. The topological polar surface area (TPSA) is 105 Å². The molecule has 8 nitrogen and oxygen atoms in total. The van der Waals surface area contributed by atoms with E-state index in [-0.39, 0.29) is 16.4 Å². The third-order valence-electron chi connectivity index (χ3n) is 4.62. The van der Waals surface area contributed by atoms with Crippen LogP contribution in [0.2, 0.25) is 0 Å². The predicted molar refractivity (Wildman–Crippen MR) is 123 cm³/mol. The lowest BCUT2D eigenvalue weighted by atomic mass is 10.1. The summed E-state index contributed by atoms with van der Waals surface area (Å²) < 4.78 is 11.0. The Morgan fingerprint density at radius 1 is 1.19 bits per heavy atom. The standard InChI is InChI=1S/C23H22N2O6S/c1-4-30-19-12-15(7-10-18(19)31-14(3)22(28)29)11-17-20(26)24-23(32)25(21(17)27)16-8-5-13(2)6-9-16/h5-12,14H,4H2,1-3H3,(H,28,29)(H,24,26,32)/b17-11-/t14-/m1/s1. The molecule has 0 spiro atoms. The molecule has 166 valence electrons. The summed E-state index contributed by atoms with van der Waals surface area (Å²) >= 11 is 5.21. The summed E-state index contributed by atoms with van der Waals surface area (Å²) in [5, 5.41) is 11.6. The molecule has 1 saturated heterocycles. The average molecular weight is 455 g/mol. The van der Waals surface area contributed by atoms with Crippen LogP contribution in [0.15, 0.2) is 48.0 Å². The smallest absolute Gasteiger partial charge is 0.344 e. The first-order valence-electron chi connectivity index (χ1n) is 9.85. The number of carbonyl (C=O) groups excluding carboxylic acids is 2. The second-order valence-electron chi connectivity index (χ2n) is 7.03. The summed E-state index contributed by atoms with van der Waals surface area (Å²) in [6, 6.07) is 11.9. The Bertz CT molecular complexity index is 1110. The molecule has 1 atom stereocenters. The number of ether oxygens (including phenoxy) is 2.